The van der Waals surface area contributed by atoms with Crippen molar-refractivity contribution in [3.8, 4) is 11.5 Å². The Labute approximate surface area is 166 Å². The standard InChI is InChI=1S/C23H27N3O2/c1-16-10-12-18(13-11-16)22-26-25-20(28-22)15-14-19(27)24-21(23(2,3)4)17-8-6-5-7-9-17/h5-13,21H,14-15H2,1-4H3,(H,24,27). The maximum atomic E-state index is 12.6. The molecule has 0 saturated carbocycles. The molecule has 1 aromatic heterocycles. The first-order valence-electron chi connectivity index (χ1n) is 9.56. The van der Waals surface area contributed by atoms with Gasteiger partial charge in [0.15, 0.2) is 0 Å². The maximum absolute atomic E-state index is 12.6. The van der Waals surface area contributed by atoms with Crippen LogP contribution in [0.25, 0.3) is 11.5 Å². The Bertz CT molecular complexity index is 909. The van der Waals surface area contributed by atoms with Crippen molar-refractivity contribution < 1.29 is 9.21 Å². The number of hydrogen-bond donors (Lipinski definition) is 1. The van der Waals surface area contributed by atoms with Crippen molar-refractivity contribution in [3.63, 3.8) is 0 Å². The predicted molar refractivity (Wildman–Crippen MR) is 110 cm³/mol. The van der Waals surface area contributed by atoms with E-state index in [0.29, 0.717) is 24.6 Å². The molecule has 3 aromatic rings. The molecular formula is C23H27N3O2. The number of nitrogens with one attached hydrogen (secondary N) is 1. The highest BCUT2D eigenvalue weighted by atomic mass is 16.4. The van der Waals surface area contributed by atoms with Gasteiger partial charge >= 0.3 is 0 Å². The van der Waals surface area contributed by atoms with Gasteiger partial charge in [-0.3, -0.25) is 4.79 Å². The number of rotatable bonds is 6. The molecule has 28 heavy (non-hydrogen) atoms. The van der Waals surface area contributed by atoms with Crippen molar-refractivity contribution in [3.05, 3.63) is 71.6 Å². The zero-order chi connectivity index (χ0) is 20.1. The molecule has 1 unspecified atom stereocenters. The Balaban J connectivity index is 1.61. The lowest BCUT2D eigenvalue weighted by atomic mass is 9.82. The number of carbonyl (C=O) groups is 1. The molecule has 0 aliphatic rings. The fourth-order valence-electron chi connectivity index (χ4n) is 3.07. The monoisotopic (exact) mass is 377 g/mol. The predicted octanol–water partition coefficient (Wildman–Crippen LogP) is 4.88. The highest BCUT2D eigenvalue weighted by molar-refractivity contribution is 5.76. The molecular weight excluding hydrogens is 350 g/mol. The number of carbonyl (C=O) groups excluding carboxylic acids is 1. The molecule has 5 heteroatoms. The van der Waals surface area contributed by atoms with Crippen molar-refractivity contribution in [1.29, 1.82) is 0 Å². The molecule has 0 bridgehead atoms. The topological polar surface area (TPSA) is 68.0 Å². The van der Waals surface area contributed by atoms with Gasteiger partial charge in [-0.25, -0.2) is 0 Å². The molecule has 0 aliphatic carbocycles. The van der Waals surface area contributed by atoms with Crippen molar-refractivity contribution in [2.75, 3.05) is 0 Å². The molecule has 0 fully saturated rings. The molecule has 1 heterocycles. The van der Waals surface area contributed by atoms with E-state index < -0.39 is 0 Å². The first-order valence-corrected chi connectivity index (χ1v) is 9.56. The van der Waals surface area contributed by atoms with E-state index in [9.17, 15) is 4.79 Å². The summed E-state index contributed by atoms with van der Waals surface area (Å²) >= 11 is 0. The summed E-state index contributed by atoms with van der Waals surface area (Å²) in [6, 6.07) is 17.9. The summed E-state index contributed by atoms with van der Waals surface area (Å²) in [5.41, 5.74) is 3.06. The van der Waals surface area contributed by atoms with Crippen LogP contribution in [0.15, 0.2) is 59.0 Å². The Hall–Kier alpha value is -2.95. The minimum absolute atomic E-state index is 0.0288. The maximum Gasteiger partial charge on any atom is 0.247 e. The van der Waals surface area contributed by atoms with Gasteiger partial charge in [-0.2, -0.15) is 0 Å². The third-order valence-electron chi connectivity index (χ3n) is 4.64. The summed E-state index contributed by atoms with van der Waals surface area (Å²) < 4.78 is 5.71. The number of amides is 1. The Morgan fingerprint density at radius 1 is 1.04 bits per heavy atom. The lowest BCUT2D eigenvalue weighted by molar-refractivity contribution is -0.122. The van der Waals surface area contributed by atoms with Gasteiger partial charge in [0.1, 0.15) is 0 Å². The van der Waals surface area contributed by atoms with Crippen LogP contribution < -0.4 is 5.32 Å². The van der Waals surface area contributed by atoms with Crippen molar-refractivity contribution in [1.82, 2.24) is 15.5 Å². The number of aryl methyl sites for hydroxylation is 2. The minimum Gasteiger partial charge on any atom is -0.421 e. The number of nitrogens with zero attached hydrogens (tertiary/aromatic N) is 2. The van der Waals surface area contributed by atoms with E-state index in [0.717, 1.165) is 11.1 Å². The lowest BCUT2D eigenvalue weighted by Crippen LogP contribution is -2.36. The van der Waals surface area contributed by atoms with Gasteiger partial charge in [-0.15, -0.1) is 10.2 Å². The summed E-state index contributed by atoms with van der Waals surface area (Å²) in [5.74, 6) is 0.920. The van der Waals surface area contributed by atoms with E-state index in [1.165, 1.54) is 5.56 Å². The van der Waals surface area contributed by atoms with E-state index in [1.807, 2.05) is 61.5 Å². The van der Waals surface area contributed by atoms with Crippen LogP contribution in [0.2, 0.25) is 0 Å². The van der Waals surface area contributed by atoms with Crippen molar-refractivity contribution in [2.24, 2.45) is 5.41 Å². The van der Waals surface area contributed by atoms with E-state index in [4.69, 9.17) is 4.42 Å². The highest BCUT2D eigenvalue weighted by Crippen LogP contribution is 2.32. The Morgan fingerprint density at radius 3 is 2.36 bits per heavy atom. The van der Waals surface area contributed by atoms with Crippen LogP contribution in [0.1, 0.15) is 50.3 Å². The van der Waals surface area contributed by atoms with Crippen molar-refractivity contribution >= 4 is 5.91 Å². The molecule has 146 valence electrons. The number of hydrogen-bond acceptors (Lipinski definition) is 4. The zero-order valence-corrected chi connectivity index (χ0v) is 16.9. The molecule has 2 aromatic carbocycles. The smallest absolute Gasteiger partial charge is 0.247 e. The van der Waals surface area contributed by atoms with Crippen LogP contribution in [-0.2, 0) is 11.2 Å². The largest absolute Gasteiger partial charge is 0.421 e. The second-order valence-corrected chi connectivity index (χ2v) is 8.14. The van der Waals surface area contributed by atoms with Crippen molar-refractivity contribution in [2.45, 2.75) is 46.6 Å². The highest BCUT2D eigenvalue weighted by Gasteiger charge is 2.27. The SMILES string of the molecule is Cc1ccc(-c2nnc(CCC(=O)NC(c3ccccc3)C(C)(C)C)o2)cc1. The van der Waals surface area contributed by atoms with Gasteiger partial charge in [0, 0.05) is 18.4 Å². The molecule has 0 spiro atoms. The van der Waals surface area contributed by atoms with E-state index in [2.05, 4.69) is 36.3 Å². The average molecular weight is 377 g/mol. The van der Waals surface area contributed by atoms with Gasteiger partial charge < -0.3 is 9.73 Å². The molecule has 3 rings (SSSR count). The normalized spacial score (nSPS) is 12.6. The molecule has 0 saturated heterocycles. The summed E-state index contributed by atoms with van der Waals surface area (Å²) in [7, 11) is 0. The summed E-state index contributed by atoms with van der Waals surface area (Å²) in [4.78, 5) is 12.6. The second kappa shape index (κ2) is 8.38. The fraction of sp³-hybridized carbons (Fsp3) is 0.348. The molecule has 5 nitrogen and oxygen atoms in total. The number of benzene rings is 2. The third-order valence-corrected chi connectivity index (χ3v) is 4.64. The van der Waals surface area contributed by atoms with Crippen LogP contribution in [-0.4, -0.2) is 16.1 Å². The van der Waals surface area contributed by atoms with Crippen LogP contribution in [0.4, 0.5) is 0 Å². The first kappa shape index (κ1) is 19.8. The molecule has 0 aliphatic heterocycles. The summed E-state index contributed by atoms with van der Waals surface area (Å²) in [6.45, 7) is 8.40. The van der Waals surface area contributed by atoms with Gasteiger partial charge in [-0.1, -0.05) is 68.8 Å². The molecule has 1 atom stereocenters. The third kappa shape index (κ3) is 5.06. The van der Waals surface area contributed by atoms with E-state index in [1.54, 1.807) is 0 Å². The summed E-state index contributed by atoms with van der Waals surface area (Å²) in [5, 5.41) is 11.3. The molecule has 1 N–H and O–H groups in total. The zero-order valence-electron chi connectivity index (χ0n) is 16.9. The molecule has 0 radical (unpaired) electrons. The minimum atomic E-state index is -0.0971. The van der Waals surface area contributed by atoms with Gasteiger partial charge in [0.05, 0.1) is 6.04 Å². The quantitative estimate of drug-likeness (QED) is 0.665. The Morgan fingerprint density at radius 2 is 1.71 bits per heavy atom. The second-order valence-electron chi connectivity index (χ2n) is 8.14. The lowest BCUT2D eigenvalue weighted by Gasteiger charge is -2.32. The number of aromatic nitrogens is 2. The van der Waals surface area contributed by atoms with Crippen LogP contribution in [0.5, 0.6) is 0 Å². The van der Waals surface area contributed by atoms with E-state index >= 15 is 0 Å². The van der Waals surface area contributed by atoms with Crippen LogP contribution >= 0.6 is 0 Å². The van der Waals surface area contributed by atoms with E-state index in [-0.39, 0.29) is 17.4 Å². The summed E-state index contributed by atoms with van der Waals surface area (Å²) in [6.07, 6.45) is 0.714. The van der Waals surface area contributed by atoms with Gasteiger partial charge in [0.2, 0.25) is 17.7 Å². The fourth-order valence-corrected chi connectivity index (χ4v) is 3.07. The van der Waals surface area contributed by atoms with Gasteiger partial charge in [-0.05, 0) is 30.0 Å². The Kier molecular flexibility index (Phi) is 5.93. The van der Waals surface area contributed by atoms with Gasteiger partial charge in [0.25, 0.3) is 0 Å². The van der Waals surface area contributed by atoms with Crippen LogP contribution in [0.3, 0.4) is 0 Å². The molecule has 1 amide bonds. The first-order chi connectivity index (χ1) is 13.3. The van der Waals surface area contributed by atoms with Crippen LogP contribution in [0, 0.1) is 12.3 Å². The average Bonchev–Trinajstić information content (AvgIpc) is 3.14.